The van der Waals surface area contributed by atoms with E-state index < -0.39 is 0 Å². The van der Waals surface area contributed by atoms with E-state index in [2.05, 4.69) is 28.7 Å². The average molecular weight is 369 g/mol. The van der Waals surface area contributed by atoms with Crippen LogP contribution >= 0.6 is 11.6 Å². The topological polar surface area (TPSA) is 50.6 Å². The summed E-state index contributed by atoms with van der Waals surface area (Å²) in [5, 5.41) is 4.39. The second kappa shape index (κ2) is 8.06. The van der Waals surface area contributed by atoms with Gasteiger partial charge in [0.2, 0.25) is 0 Å². The van der Waals surface area contributed by atoms with Gasteiger partial charge in [-0.2, -0.15) is 5.10 Å². The van der Waals surface area contributed by atoms with Crippen LogP contribution in [0.15, 0.2) is 11.0 Å². The molecule has 0 aromatic carbocycles. The number of anilines is 1. The molecule has 3 rings (SSSR count). The van der Waals surface area contributed by atoms with Gasteiger partial charge in [0.05, 0.1) is 24.1 Å². The molecule has 2 fully saturated rings. The Balaban J connectivity index is 1.49. The highest BCUT2D eigenvalue weighted by Crippen LogP contribution is 2.28. The maximum Gasteiger partial charge on any atom is 0.287 e. The Hall–Kier alpha value is -1.11. The van der Waals surface area contributed by atoms with E-state index in [9.17, 15) is 4.79 Å². The zero-order valence-corrected chi connectivity index (χ0v) is 16.2. The molecule has 2 aliphatic heterocycles. The van der Waals surface area contributed by atoms with Gasteiger partial charge in [0.25, 0.3) is 5.56 Å². The third-order valence-electron chi connectivity index (χ3n) is 5.36. The Kier molecular flexibility index (Phi) is 6.02. The molecule has 0 N–H and O–H groups in total. The highest BCUT2D eigenvalue weighted by Gasteiger charge is 2.25. The summed E-state index contributed by atoms with van der Waals surface area (Å²) in [5.74, 6) is 0.739. The molecule has 3 heterocycles. The van der Waals surface area contributed by atoms with Crippen molar-refractivity contribution in [1.29, 1.82) is 0 Å². The number of hydrogen-bond donors (Lipinski definition) is 0. The van der Waals surface area contributed by atoms with Crippen molar-refractivity contribution in [3.05, 3.63) is 21.6 Å². The standard InChI is InChI=1S/C18H29ClN4O2/c1-13-11-22(12-14(2)25-13)7-4-15-5-8-23(9-6-15)16-10-20-21(3)18(24)17(16)19/h10,13-15H,4-9,11-12H2,1-3H3. The number of hydrogen-bond acceptors (Lipinski definition) is 5. The number of aromatic nitrogens is 2. The molecule has 25 heavy (non-hydrogen) atoms. The smallest absolute Gasteiger partial charge is 0.287 e. The number of halogens is 1. The highest BCUT2D eigenvalue weighted by molar-refractivity contribution is 6.33. The van der Waals surface area contributed by atoms with E-state index in [1.807, 2.05) is 0 Å². The molecule has 0 saturated carbocycles. The molecule has 2 atom stereocenters. The third kappa shape index (κ3) is 4.54. The fourth-order valence-electron chi connectivity index (χ4n) is 4.02. The normalized spacial score (nSPS) is 26.2. The van der Waals surface area contributed by atoms with Crippen molar-refractivity contribution in [3.8, 4) is 0 Å². The van der Waals surface area contributed by atoms with Gasteiger partial charge in [-0.05, 0) is 45.6 Å². The van der Waals surface area contributed by atoms with Crippen molar-refractivity contribution in [2.24, 2.45) is 13.0 Å². The Morgan fingerprint density at radius 2 is 1.88 bits per heavy atom. The molecule has 0 radical (unpaired) electrons. The fourth-order valence-corrected chi connectivity index (χ4v) is 4.31. The second-order valence-corrected chi connectivity index (χ2v) is 7.89. The summed E-state index contributed by atoms with van der Waals surface area (Å²) in [5.41, 5.74) is 0.552. The lowest BCUT2D eigenvalue weighted by Crippen LogP contribution is -2.46. The lowest BCUT2D eigenvalue weighted by molar-refractivity contribution is -0.0690. The molecular weight excluding hydrogens is 340 g/mol. The van der Waals surface area contributed by atoms with Gasteiger partial charge >= 0.3 is 0 Å². The molecule has 0 spiro atoms. The largest absolute Gasteiger partial charge is 0.373 e. The van der Waals surface area contributed by atoms with E-state index in [-0.39, 0.29) is 10.6 Å². The molecule has 6 nitrogen and oxygen atoms in total. The summed E-state index contributed by atoms with van der Waals surface area (Å²) in [6.45, 7) is 9.42. The molecule has 0 aliphatic carbocycles. The predicted molar refractivity (Wildman–Crippen MR) is 100 cm³/mol. The fraction of sp³-hybridized carbons (Fsp3) is 0.778. The summed E-state index contributed by atoms with van der Waals surface area (Å²) in [4.78, 5) is 16.7. The lowest BCUT2D eigenvalue weighted by atomic mass is 9.93. The Labute approximate surface area is 154 Å². The van der Waals surface area contributed by atoms with Gasteiger partial charge in [0, 0.05) is 33.2 Å². The molecule has 0 bridgehead atoms. The molecule has 1 aromatic heterocycles. The molecule has 140 valence electrons. The molecule has 2 unspecified atom stereocenters. The second-order valence-electron chi connectivity index (χ2n) is 7.51. The SMILES string of the molecule is CC1CN(CCC2CCN(c3cnn(C)c(=O)c3Cl)CC2)CC(C)O1. The first-order chi connectivity index (χ1) is 11.9. The minimum Gasteiger partial charge on any atom is -0.373 e. The summed E-state index contributed by atoms with van der Waals surface area (Å²) in [7, 11) is 1.62. The van der Waals surface area contributed by atoms with Gasteiger partial charge in [0.15, 0.2) is 0 Å². The number of aryl methyl sites for hydroxylation is 1. The van der Waals surface area contributed by atoms with Crippen molar-refractivity contribution in [3.63, 3.8) is 0 Å². The number of morpholine rings is 1. The first-order valence-electron chi connectivity index (χ1n) is 9.28. The zero-order chi connectivity index (χ0) is 18.0. The van der Waals surface area contributed by atoms with Crippen LogP contribution in [0.3, 0.4) is 0 Å². The lowest BCUT2D eigenvalue weighted by Gasteiger charge is -2.37. The van der Waals surface area contributed by atoms with Crippen LogP contribution < -0.4 is 10.5 Å². The van der Waals surface area contributed by atoms with E-state index in [1.165, 1.54) is 11.1 Å². The summed E-state index contributed by atoms with van der Waals surface area (Å²) >= 11 is 6.22. The van der Waals surface area contributed by atoms with E-state index in [1.54, 1.807) is 13.2 Å². The van der Waals surface area contributed by atoms with Crippen LogP contribution in [0.4, 0.5) is 5.69 Å². The van der Waals surface area contributed by atoms with E-state index in [4.69, 9.17) is 16.3 Å². The molecular formula is C18H29ClN4O2. The average Bonchev–Trinajstić information content (AvgIpc) is 2.58. The monoisotopic (exact) mass is 368 g/mol. The zero-order valence-electron chi connectivity index (χ0n) is 15.4. The van der Waals surface area contributed by atoms with Gasteiger partial charge < -0.3 is 9.64 Å². The van der Waals surface area contributed by atoms with Gasteiger partial charge in [0.1, 0.15) is 5.02 Å². The van der Waals surface area contributed by atoms with Crippen LogP contribution in [-0.4, -0.2) is 59.6 Å². The first-order valence-corrected chi connectivity index (χ1v) is 9.66. The van der Waals surface area contributed by atoms with Crippen LogP contribution in [0.2, 0.25) is 5.02 Å². The first kappa shape index (κ1) is 18.7. The van der Waals surface area contributed by atoms with Gasteiger partial charge in [-0.1, -0.05) is 11.6 Å². The Morgan fingerprint density at radius 1 is 1.24 bits per heavy atom. The highest BCUT2D eigenvalue weighted by atomic mass is 35.5. The van der Waals surface area contributed by atoms with Crippen LogP contribution in [0.1, 0.15) is 33.1 Å². The quantitative estimate of drug-likeness (QED) is 0.815. The van der Waals surface area contributed by atoms with Gasteiger partial charge in [-0.3, -0.25) is 9.69 Å². The molecule has 2 aliphatic rings. The van der Waals surface area contributed by atoms with Crippen molar-refractivity contribution in [2.45, 2.75) is 45.3 Å². The van der Waals surface area contributed by atoms with Crippen LogP contribution in [-0.2, 0) is 11.8 Å². The van der Waals surface area contributed by atoms with Crippen molar-refractivity contribution >= 4 is 17.3 Å². The van der Waals surface area contributed by atoms with Crippen molar-refractivity contribution < 1.29 is 4.74 Å². The number of rotatable bonds is 4. The minimum atomic E-state index is -0.225. The number of piperidine rings is 1. The predicted octanol–water partition coefficient (Wildman–Crippen LogP) is 2.15. The van der Waals surface area contributed by atoms with E-state index in [0.717, 1.165) is 57.2 Å². The van der Waals surface area contributed by atoms with Crippen LogP contribution in [0.25, 0.3) is 0 Å². The third-order valence-corrected chi connectivity index (χ3v) is 5.72. The Morgan fingerprint density at radius 3 is 2.52 bits per heavy atom. The van der Waals surface area contributed by atoms with Gasteiger partial charge in [-0.15, -0.1) is 0 Å². The van der Waals surface area contributed by atoms with Crippen LogP contribution in [0.5, 0.6) is 0 Å². The number of ether oxygens (including phenoxy) is 1. The minimum absolute atomic E-state index is 0.225. The van der Waals surface area contributed by atoms with E-state index >= 15 is 0 Å². The summed E-state index contributed by atoms with van der Waals surface area (Å²) < 4.78 is 7.09. The maximum atomic E-state index is 12.0. The van der Waals surface area contributed by atoms with Crippen molar-refractivity contribution in [2.75, 3.05) is 37.6 Å². The molecule has 2 saturated heterocycles. The molecule has 7 heteroatoms. The molecule has 1 aromatic rings. The maximum absolute atomic E-state index is 12.0. The number of nitrogens with zero attached hydrogens (tertiary/aromatic N) is 4. The summed E-state index contributed by atoms with van der Waals surface area (Å²) in [6.07, 6.45) is 5.89. The van der Waals surface area contributed by atoms with Crippen molar-refractivity contribution in [1.82, 2.24) is 14.7 Å². The Bertz CT molecular complexity index is 632. The van der Waals surface area contributed by atoms with E-state index in [0.29, 0.717) is 12.2 Å². The summed E-state index contributed by atoms with van der Waals surface area (Å²) in [6, 6.07) is 0. The molecule has 0 amide bonds. The van der Waals surface area contributed by atoms with Gasteiger partial charge in [-0.25, -0.2) is 4.68 Å². The van der Waals surface area contributed by atoms with Crippen LogP contribution in [0, 0.1) is 5.92 Å².